The third kappa shape index (κ3) is 4.51. The number of nitriles is 1. The molecule has 2 aromatic rings. The molecule has 2 aliphatic rings. The van der Waals surface area contributed by atoms with Crippen LogP contribution in [0.15, 0.2) is 47.4 Å². The maximum atomic E-state index is 12.4. The number of benzene rings is 2. The lowest BCUT2D eigenvalue weighted by atomic mass is 9.99. The summed E-state index contributed by atoms with van der Waals surface area (Å²) in [6.45, 7) is 1.28. The Hall–Kier alpha value is -2.41. The first kappa shape index (κ1) is 20.8. The molecule has 0 aromatic heterocycles. The van der Waals surface area contributed by atoms with Crippen molar-refractivity contribution < 1.29 is 13.9 Å². The summed E-state index contributed by atoms with van der Waals surface area (Å²) in [5.74, 6) is -0.101. The van der Waals surface area contributed by atoms with Gasteiger partial charge in [0.15, 0.2) is 0 Å². The largest absolute Gasteiger partial charge is 0.339 e. The van der Waals surface area contributed by atoms with Crippen molar-refractivity contribution in [2.45, 2.75) is 49.2 Å². The van der Waals surface area contributed by atoms with Crippen LogP contribution in [0, 0.1) is 11.3 Å². The van der Waals surface area contributed by atoms with Crippen molar-refractivity contribution >= 4 is 16.7 Å². The summed E-state index contributed by atoms with van der Waals surface area (Å²) in [5.41, 5.74) is 3.86. The van der Waals surface area contributed by atoms with E-state index >= 15 is 0 Å². The van der Waals surface area contributed by atoms with Gasteiger partial charge in [-0.15, -0.1) is 10.8 Å². The molecule has 4 rings (SSSR count). The van der Waals surface area contributed by atoms with E-state index in [1.165, 1.54) is 0 Å². The van der Waals surface area contributed by atoms with Crippen molar-refractivity contribution in [3.63, 3.8) is 0 Å². The van der Waals surface area contributed by atoms with Crippen LogP contribution in [0.3, 0.4) is 0 Å². The maximum Gasteiger partial charge on any atom is 0.238 e. The van der Waals surface area contributed by atoms with Crippen LogP contribution in [0.25, 0.3) is 11.1 Å². The van der Waals surface area contributed by atoms with Gasteiger partial charge in [0.05, 0.1) is 17.0 Å². The summed E-state index contributed by atoms with van der Waals surface area (Å²) < 4.78 is 22.7. The minimum atomic E-state index is -2.87. The highest BCUT2D eigenvalue weighted by molar-refractivity contribution is 8.22. The van der Waals surface area contributed by atoms with Crippen LogP contribution >= 0.6 is 10.8 Å². The van der Waals surface area contributed by atoms with E-state index < -0.39 is 16.8 Å². The summed E-state index contributed by atoms with van der Waals surface area (Å²) >= 11 is 0. The number of carbonyl (C=O) groups excluding carboxylic acids is 1. The van der Waals surface area contributed by atoms with Gasteiger partial charge in [0.2, 0.25) is 5.91 Å². The number of rotatable bonds is 5. The van der Waals surface area contributed by atoms with Gasteiger partial charge in [-0.1, -0.05) is 36.8 Å². The molecule has 2 aliphatic heterocycles. The van der Waals surface area contributed by atoms with E-state index in [-0.39, 0.29) is 11.9 Å². The minimum Gasteiger partial charge on any atom is -0.339 e. The topological polar surface area (TPSA) is 117 Å². The molecule has 0 radical (unpaired) electrons. The highest BCUT2D eigenvalue weighted by Crippen LogP contribution is 2.51. The number of carbonyl (C=O) groups is 1. The van der Waals surface area contributed by atoms with E-state index in [4.69, 9.17) is 0 Å². The molecule has 0 spiro atoms. The Morgan fingerprint density at radius 2 is 1.97 bits per heavy atom. The zero-order valence-corrected chi connectivity index (χ0v) is 17.4. The number of nitrogens with zero attached hydrogens (tertiary/aromatic N) is 1. The van der Waals surface area contributed by atoms with Crippen LogP contribution in [-0.4, -0.2) is 33.6 Å². The van der Waals surface area contributed by atoms with Gasteiger partial charge >= 0.3 is 0 Å². The summed E-state index contributed by atoms with van der Waals surface area (Å²) in [6, 6.07) is 14.9. The Morgan fingerprint density at radius 1 is 1.20 bits per heavy atom. The molecule has 0 bridgehead atoms. The average molecular weight is 427 g/mol. The molecular formula is C22H26N4O3S. The molecule has 30 heavy (non-hydrogen) atoms. The lowest BCUT2D eigenvalue weighted by Gasteiger charge is -2.27. The smallest absolute Gasteiger partial charge is 0.238 e. The molecule has 0 saturated carbocycles. The summed E-state index contributed by atoms with van der Waals surface area (Å²) in [7, 11) is -2.87. The van der Waals surface area contributed by atoms with E-state index in [0.29, 0.717) is 17.9 Å². The average Bonchev–Trinajstić information content (AvgIpc) is 3.08. The van der Waals surface area contributed by atoms with E-state index in [1.54, 1.807) is 6.07 Å². The fraction of sp³-hybridized carbons (Fsp3) is 0.364. The number of piperidine rings is 1. The fourth-order valence-corrected chi connectivity index (χ4v) is 5.24. The van der Waals surface area contributed by atoms with Gasteiger partial charge < -0.3 is 10.6 Å². The van der Waals surface area contributed by atoms with Crippen LogP contribution in [0.2, 0.25) is 0 Å². The summed E-state index contributed by atoms with van der Waals surface area (Å²) in [5, 5.41) is 15.5. The predicted octanol–water partition coefficient (Wildman–Crippen LogP) is 3.17. The first-order chi connectivity index (χ1) is 14.5. The van der Waals surface area contributed by atoms with Crippen molar-refractivity contribution in [2.75, 3.05) is 6.54 Å². The second-order valence-electron chi connectivity index (χ2n) is 7.79. The van der Waals surface area contributed by atoms with Crippen LogP contribution in [0.4, 0.5) is 0 Å². The molecule has 1 saturated heterocycles. The molecule has 0 unspecified atom stereocenters. The zero-order valence-electron chi connectivity index (χ0n) is 16.6. The number of nitrogens with one attached hydrogen (secondary N) is 3. The van der Waals surface area contributed by atoms with Crippen molar-refractivity contribution in [3.05, 3.63) is 53.6 Å². The van der Waals surface area contributed by atoms with E-state index in [9.17, 15) is 19.2 Å². The van der Waals surface area contributed by atoms with Gasteiger partial charge in [-0.05, 0) is 53.8 Å². The molecule has 2 heterocycles. The molecule has 0 aliphatic carbocycles. The fourth-order valence-electron chi connectivity index (χ4n) is 3.98. The SMILES string of the molecule is N#C[C@H](Cc1ccc(-c2ccc3c(c2)CNS3(O)O)cc1)NC(=O)[C@@H]1CCCCN1. The lowest BCUT2D eigenvalue weighted by Crippen LogP contribution is -2.49. The highest BCUT2D eigenvalue weighted by atomic mass is 32.3. The van der Waals surface area contributed by atoms with Crippen LogP contribution in [0.1, 0.15) is 30.4 Å². The molecule has 1 amide bonds. The summed E-state index contributed by atoms with van der Waals surface area (Å²) in [6.07, 6.45) is 3.37. The van der Waals surface area contributed by atoms with Crippen LogP contribution in [-0.2, 0) is 17.8 Å². The number of hydrogen-bond donors (Lipinski definition) is 5. The number of fused-ring (bicyclic) bond motifs is 1. The first-order valence-electron chi connectivity index (χ1n) is 10.1. The van der Waals surface area contributed by atoms with Gasteiger partial charge in [0, 0.05) is 13.0 Å². The number of amides is 1. The Bertz CT molecular complexity index is 965. The Kier molecular flexibility index (Phi) is 6.09. The Morgan fingerprint density at radius 3 is 2.67 bits per heavy atom. The second kappa shape index (κ2) is 8.76. The predicted molar refractivity (Wildman–Crippen MR) is 117 cm³/mol. The summed E-state index contributed by atoms with van der Waals surface area (Å²) in [4.78, 5) is 12.9. The van der Waals surface area contributed by atoms with Gasteiger partial charge in [-0.25, -0.2) is 4.72 Å². The molecule has 2 aromatic carbocycles. The minimum absolute atomic E-state index is 0.101. The van der Waals surface area contributed by atoms with Crippen LogP contribution in [0.5, 0.6) is 0 Å². The van der Waals surface area contributed by atoms with Crippen LogP contribution < -0.4 is 15.4 Å². The van der Waals surface area contributed by atoms with E-state index in [1.807, 2.05) is 36.4 Å². The second-order valence-corrected chi connectivity index (χ2v) is 9.61. The molecule has 158 valence electrons. The third-order valence-corrected chi connectivity index (χ3v) is 7.22. The molecule has 2 atom stereocenters. The van der Waals surface area contributed by atoms with Gasteiger partial charge in [0.1, 0.15) is 6.04 Å². The Labute approximate surface area is 178 Å². The van der Waals surface area contributed by atoms with Crippen molar-refractivity contribution in [1.82, 2.24) is 15.4 Å². The van der Waals surface area contributed by atoms with Gasteiger partial charge in [-0.2, -0.15) is 5.26 Å². The van der Waals surface area contributed by atoms with Crippen molar-refractivity contribution in [2.24, 2.45) is 0 Å². The first-order valence-corrected chi connectivity index (χ1v) is 11.7. The maximum absolute atomic E-state index is 12.4. The molecular weight excluding hydrogens is 400 g/mol. The van der Waals surface area contributed by atoms with E-state index in [2.05, 4.69) is 21.4 Å². The molecule has 1 fully saturated rings. The van der Waals surface area contributed by atoms with Crippen molar-refractivity contribution in [1.29, 1.82) is 5.26 Å². The van der Waals surface area contributed by atoms with Crippen molar-refractivity contribution in [3.8, 4) is 17.2 Å². The lowest BCUT2D eigenvalue weighted by molar-refractivity contribution is -0.124. The highest BCUT2D eigenvalue weighted by Gasteiger charge is 2.26. The van der Waals surface area contributed by atoms with Gasteiger partial charge in [-0.3, -0.25) is 13.9 Å². The quantitative estimate of drug-likeness (QED) is 0.501. The molecule has 5 N–H and O–H groups in total. The normalized spacial score (nSPS) is 21.8. The molecule has 7 nitrogen and oxygen atoms in total. The number of hydrogen-bond acceptors (Lipinski definition) is 6. The zero-order chi connectivity index (χ0) is 21.1. The standard InChI is InChI=1S/C22H26N4O3S/c23-13-19(26-22(27)20-3-1-2-10-24-20)11-15-4-6-16(7-5-15)17-8-9-21-18(12-17)14-25-30(21,28)29/h4-9,12,19-20,24-25,28-29H,1-3,10-11,14H2,(H,26,27)/t19-,20-/m0/s1. The van der Waals surface area contributed by atoms with Gasteiger partial charge in [0.25, 0.3) is 0 Å². The molecule has 8 heteroatoms. The monoisotopic (exact) mass is 426 g/mol. The van der Waals surface area contributed by atoms with E-state index in [0.717, 1.165) is 48.1 Å². The Balaban J connectivity index is 1.41. The third-order valence-electron chi connectivity index (χ3n) is 5.66.